The standard InChI is InChI=1S/C25H36N4O2/c30-22-8-11-28(12-9-22)10-7-21-17-29-23(5-2-6-24(29)27-21)25(31)26-16-20-14-18-3-1-4-19(13-18)15-20/h2,5-6,17-20,22,30H,1,3-4,7-16H2,(H,26,31). The third-order valence-corrected chi connectivity index (χ3v) is 7.79. The van der Waals surface area contributed by atoms with Gasteiger partial charge in [0.25, 0.3) is 5.91 Å². The number of nitrogens with zero attached hydrogens (tertiary/aromatic N) is 3. The molecule has 6 nitrogen and oxygen atoms in total. The van der Waals surface area contributed by atoms with Crippen LogP contribution in [0.2, 0.25) is 0 Å². The van der Waals surface area contributed by atoms with Crippen molar-refractivity contribution in [2.75, 3.05) is 26.2 Å². The summed E-state index contributed by atoms with van der Waals surface area (Å²) in [7, 11) is 0. The normalized spacial score (nSPS) is 27.5. The Hall–Kier alpha value is -1.92. The van der Waals surface area contributed by atoms with Crippen molar-refractivity contribution in [2.24, 2.45) is 17.8 Å². The Morgan fingerprint density at radius 3 is 2.65 bits per heavy atom. The van der Waals surface area contributed by atoms with Crippen molar-refractivity contribution in [1.29, 1.82) is 0 Å². The van der Waals surface area contributed by atoms with Gasteiger partial charge in [-0.15, -0.1) is 0 Å². The monoisotopic (exact) mass is 424 g/mol. The number of hydrogen-bond acceptors (Lipinski definition) is 4. The highest BCUT2D eigenvalue weighted by molar-refractivity contribution is 5.93. The molecule has 1 saturated heterocycles. The number of hydrogen-bond donors (Lipinski definition) is 2. The van der Waals surface area contributed by atoms with Crippen molar-refractivity contribution >= 4 is 11.6 Å². The largest absolute Gasteiger partial charge is 0.393 e. The number of carbonyl (C=O) groups excluding carboxylic acids is 1. The summed E-state index contributed by atoms with van der Waals surface area (Å²) in [5.41, 5.74) is 2.53. The van der Waals surface area contributed by atoms with Gasteiger partial charge in [0.1, 0.15) is 11.3 Å². The fourth-order valence-corrected chi connectivity index (χ4v) is 6.15. The molecule has 2 aliphatic carbocycles. The summed E-state index contributed by atoms with van der Waals surface area (Å²) in [6, 6.07) is 5.80. The minimum atomic E-state index is -0.138. The molecule has 1 amide bonds. The predicted octanol–water partition coefficient (Wildman–Crippen LogP) is 3.28. The van der Waals surface area contributed by atoms with Gasteiger partial charge in [-0.05, 0) is 62.0 Å². The molecule has 2 unspecified atom stereocenters. The quantitative estimate of drug-likeness (QED) is 0.747. The molecule has 2 atom stereocenters. The van der Waals surface area contributed by atoms with E-state index in [-0.39, 0.29) is 12.0 Å². The highest BCUT2D eigenvalue weighted by Crippen LogP contribution is 2.42. The molecule has 2 N–H and O–H groups in total. The molecule has 31 heavy (non-hydrogen) atoms. The Bertz CT molecular complexity index is 890. The molecule has 2 saturated carbocycles. The van der Waals surface area contributed by atoms with Gasteiger partial charge in [-0.1, -0.05) is 25.3 Å². The first-order valence-corrected chi connectivity index (χ1v) is 12.3. The number of piperidine rings is 1. The zero-order valence-corrected chi connectivity index (χ0v) is 18.5. The summed E-state index contributed by atoms with van der Waals surface area (Å²) >= 11 is 0. The third-order valence-electron chi connectivity index (χ3n) is 7.79. The second kappa shape index (κ2) is 9.29. The van der Waals surface area contributed by atoms with E-state index in [1.807, 2.05) is 28.8 Å². The van der Waals surface area contributed by atoms with Gasteiger partial charge in [-0.25, -0.2) is 4.98 Å². The number of amides is 1. The van der Waals surface area contributed by atoms with Gasteiger partial charge in [0, 0.05) is 38.8 Å². The Morgan fingerprint density at radius 1 is 1.10 bits per heavy atom. The molecule has 0 aromatic carbocycles. The minimum absolute atomic E-state index is 0.00954. The number of aromatic nitrogens is 2. The Balaban J connectivity index is 1.19. The van der Waals surface area contributed by atoms with Crippen molar-refractivity contribution in [3.05, 3.63) is 35.8 Å². The van der Waals surface area contributed by atoms with Crippen molar-refractivity contribution in [3.63, 3.8) is 0 Å². The van der Waals surface area contributed by atoms with Crippen LogP contribution in [-0.2, 0) is 6.42 Å². The summed E-state index contributed by atoms with van der Waals surface area (Å²) in [5.74, 6) is 2.42. The lowest BCUT2D eigenvalue weighted by Crippen LogP contribution is -2.37. The zero-order valence-electron chi connectivity index (χ0n) is 18.5. The van der Waals surface area contributed by atoms with E-state index < -0.39 is 0 Å². The van der Waals surface area contributed by atoms with Crippen LogP contribution in [0.5, 0.6) is 0 Å². The highest BCUT2D eigenvalue weighted by atomic mass is 16.3. The van der Waals surface area contributed by atoms with Crippen LogP contribution < -0.4 is 5.32 Å². The fraction of sp³-hybridized carbons (Fsp3) is 0.680. The first-order valence-electron chi connectivity index (χ1n) is 12.3. The topological polar surface area (TPSA) is 69.9 Å². The van der Waals surface area contributed by atoms with Crippen LogP contribution in [0.1, 0.15) is 67.5 Å². The maximum Gasteiger partial charge on any atom is 0.268 e. The van der Waals surface area contributed by atoms with Gasteiger partial charge >= 0.3 is 0 Å². The third kappa shape index (κ3) is 4.96. The molecule has 3 heterocycles. The summed E-state index contributed by atoms with van der Waals surface area (Å²) in [6.45, 7) is 3.64. The van der Waals surface area contributed by atoms with E-state index in [4.69, 9.17) is 4.98 Å². The lowest BCUT2D eigenvalue weighted by Gasteiger charge is -2.39. The number of fused-ring (bicyclic) bond motifs is 3. The summed E-state index contributed by atoms with van der Waals surface area (Å²) in [5, 5.41) is 12.9. The summed E-state index contributed by atoms with van der Waals surface area (Å²) < 4.78 is 1.94. The zero-order chi connectivity index (χ0) is 21.2. The number of aliphatic hydroxyl groups is 1. The second-order valence-electron chi connectivity index (χ2n) is 10.1. The van der Waals surface area contributed by atoms with Crippen LogP contribution in [0.25, 0.3) is 5.65 Å². The van der Waals surface area contributed by atoms with Crippen molar-refractivity contribution in [3.8, 4) is 0 Å². The lowest BCUT2D eigenvalue weighted by molar-refractivity contribution is 0.0831. The SMILES string of the molecule is O=C(NCC1CC2CCCC(C2)C1)c1cccc2nc(CCN3CCC(O)CC3)cn12. The van der Waals surface area contributed by atoms with Gasteiger partial charge in [0.15, 0.2) is 0 Å². The van der Waals surface area contributed by atoms with E-state index in [0.29, 0.717) is 11.6 Å². The average Bonchev–Trinajstić information content (AvgIpc) is 3.20. The molecular formula is C25H36N4O2. The maximum atomic E-state index is 13.0. The van der Waals surface area contributed by atoms with Crippen molar-refractivity contribution in [1.82, 2.24) is 19.6 Å². The predicted molar refractivity (Wildman–Crippen MR) is 121 cm³/mol. The number of likely N-dealkylation sites (tertiary alicyclic amines) is 1. The minimum Gasteiger partial charge on any atom is -0.393 e. The van der Waals surface area contributed by atoms with E-state index in [0.717, 1.165) is 68.6 Å². The van der Waals surface area contributed by atoms with Crippen LogP contribution in [0.4, 0.5) is 0 Å². The number of pyridine rings is 1. The number of carbonyl (C=O) groups is 1. The molecule has 168 valence electrons. The number of aliphatic hydroxyl groups excluding tert-OH is 1. The molecule has 1 aliphatic heterocycles. The number of rotatable bonds is 6. The van der Waals surface area contributed by atoms with E-state index in [9.17, 15) is 9.90 Å². The maximum absolute atomic E-state index is 13.0. The fourth-order valence-electron chi connectivity index (χ4n) is 6.15. The van der Waals surface area contributed by atoms with Gasteiger partial charge in [-0.2, -0.15) is 0 Å². The van der Waals surface area contributed by atoms with Gasteiger partial charge in [0.2, 0.25) is 0 Å². The Kier molecular flexibility index (Phi) is 6.28. The molecule has 0 spiro atoms. The number of imidazole rings is 1. The molecule has 3 fully saturated rings. The Labute approximate surface area is 185 Å². The molecule has 2 bridgehead atoms. The molecular weight excluding hydrogens is 388 g/mol. The van der Waals surface area contributed by atoms with Crippen molar-refractivity contribution < 1.29 is 9.90 Å². The average molecular weight is 425 g/mol. The first kappa shape index (κ1) is 21.0. The van der Waals surface area contributed by atoms with Crippen molar-refractivity contribution in [2.45, 2.75) is 63.9 Å². The van der Waals surface area contributed by atoms with E-state index in [1.165, 1.54) is 38.5 Å². The molecule has 5 rings (SSSR count). The summed E-state index contributed by atoms with van der Waals surface area (Å²) in [6.07, 6.45) is 12.6. The van der Waals surface area contributed by atoms with Crippen LogP contribution >= 0.6 is 0 Å². The van der Waals surface area contributed by atoms with Crippen LogP contribution in [0.15, 0.2) is 24.4 Å². The highest BCUT2D eigenvalue weighted by Gasteiger charge is 2.31. The second-order valence-corrected chi connectivity index (χ2v) is 10.1. The number of nitrogens with one attached hydrogen (secondary N) is 1. The van der Waals surface area contributed by atoms with Gasteiger partial charge in [-0.3, -0.25) is 9.20 Å². The van der Waals surface area contributed by atoms with Gasteiger partial charge in [0.05, 0.1) is 11.8 Å². The smallest absolute Gasteiger partial charge is 0.268 e. The molecule has 3 aliphatic rings. The molecule has 2 aromatic rings. The molecule has 2 aromatic heterocycles. The molecule has 0 radical (unpaired) electrons. The molecule has 6 heteroatoms. The van der Waals surface area contributed by atoms with E-state index >= 15 is 0 Å². The first-order chi connectivity index (χ1) is 15.1. The van der Waals surface area contributed by atoms with Crippen LogP contribution in [0, 0.1) is 17.8 Å². The summed E-state index contributed by atoms with van der Waals surface area (Å²) in [4.78, 5) is 20.1. The lowest BCUT2D eigenvalue weighted by atomic mass is 9.68. The van der Waals surface area contributed by atoms with E-state index in [1.54, 1.807) is 0 Å². The van der Waals surface area contributed by atoms with E-state index in [2.05, 4.69) is 10.2 Å². The van der Waals surface area contributed by atoms with Crippen LogP contribution in [-0.4, -0.2) is 57.6 Å². The van der Waals surface area contributed by atoms with Gasteiger partial charge < -0.3 is 15.3 Å². The van der Waals surface area contributed by atoms with Crippen LogP contribution in [0.3, 0.4) is 0 Å². The Morgan fingerprint density at radius 2 is 1.87 bits per heavy atom.